The summed E-state index contributed by atoms with van der Waals surface area (Å²) in [6.45, 7) is 12.3. The summed E-state index contributed by atoms with van der Waals surface area (Å²) in [5.74, 6) is 0.857. The zero-order valence-corrected chi connectivity index (χ0v) is 19.4. The van der Waals surface area contributed by atoms with Gasteiger partial charge in [-0.3, -0.25) is 4.79 Å². The predicted octanol–water partition coefficient (Wildman–Crippen LogP) is 5.85. The monoisotopic (exact) mass is 438 g/mol. The van der Waals surface area contributed by atoms with Crippen LogP contribution in [0.5, 0.6) is 17.2 Å². The molecule has 170 valence electrons. The number of ether oxygens (including phenoxy) is 3. The van der Waals surface area contributed by atoms with Crippen LogP contribution >= 0.6 is 0 Å². The van der Waals surface area contributed by atoms with E-state index in [1.54, 1.807) is 25.1 Å². The van der Waals surface area contributed by atoms with Crippen LogP contribution < -0.4 is 14.9 Å². The second-order valence-corrected chi connectivity index (χ2v) is 9.25. The summed E-state index contributed by atoms with van der Waals surface area (Å²) in [5.41, 5.74) is 1.25. The predicted molar refractivity (Wildman–Crippen MR) is 124 cm³/mol. The molecule has 0 fully saturated rings. The van der Waals surface area contributed by atoms with Crippen LogP contribution in [0.3, 0.4) is 0 Å². The van der Waals surface area contributed by atoms with Crippen molar-refractivity contribution in [1.82, 2.24) is 0 Å². The number of rotatable bonds is 7. The highest BCUT2D eigenvalue weighted by Gasteiger charge is 2.18. The molecule has 2 aromatic carbocycles. The van der Waals surface area contributed by atoms with Gasteiger partial charge < -0.3 is 18.6 Å². The van der Waals surface area contributed by atoms with Crippen molar-refractivity contribution in [2.45, 2.75) is 53.1 Å². The lowest BCUT2D eigenvalue weighted by Crippen LogP contribution is -2.27. The van der Waals surface area contributed by atoms with Gasteiger partial charge in [-0.2, -0.15) is 0 Å². The Kier molecular flexibility index (Phi) is 6.92. The minimum Gasteiger partial charge on any atom is -0.479 e. The van der Waals surface area contributed by atoms with Gasteiger partial charge in [-0.25, -0.2) is 4.79 Å². The molecule has 0 saturated heterocycles. The number of hydrogen-bond donors (Lipinski definition) is 0. The van der Waals surface area contributed by atoms with Crippen LogP contribution in [0, 0.1) is 5.92 Å². The van der Waals surface area contributed by atoms with E-state index in [1.165, 1.54) is 11.8 Å². The van der Waals surface area contributed by atoms with E-state index < -0.39 is 12.1 Å². The SMILES string of the molecule is CC(C)COC(=O)[C@@H](C)Oc1ccc2c(=O)c(Oc3ccc(C(C)(C)C)cc3)coc2c1. The molecule has 3 aromatic rings. The van der Waals surface area contributed by atoms with Crippen LogP contribution in [0.1, 0.15) is 47.1 Å². The van der Waals surface area contributed by atoms with E-state index >= 15 is 0 Å². The molecule has 0 saturated carbocycles. The zero-order valence-electron chi connectivity index (χ0n) is 19.4. The summed E-state index contributed by atoms with van der Waals surface area (Å²) in [4.78, 5) is 24.9. The molecule has 0 radical (unpaired) electrons. The largest absolute Gasteiger partial charge is 0.479 e. The third kappa shape index (κ3) is 5.69. The lowest BCUT2D eigenvalue weighted by Gasteiger charge is -2.19. The summed E-state index contributed by atoms with van der Waals surface area (Å²) in [5, 5.41) is 0.358. The van der Waals surface area contributed by atoms with Crippen molar-refractivity contribution in [2.75, 3.05) is 6.61 Å². The third-order valence-corrected chi connectivity index (χ3v) is 4.87. The van der Waals surface area contributed by atoms with E-state index in [4.69, 9.17) is 18.6 Å². The number of hydrogen-bond acceptors (Lipinski definition) is 6. The Labute approximate surface area is 188 Å². The fourth-order valence-corrected chi connectivity index (χ4v) is 3.00. The number of fused-ring (bicyclic) bond motifs is 1. The number of benzene rings is 2. The first kappa shape index (κ1) is 23.4. The molecule has 3 rings (SSSR count). The number of carbonyl (C=O) groups is 1. The van der Waals surface area contributed by atoms with E-state index in [2.05, 4.69) is 20.8 Å². The Morgan fingerprint density at radius 1 is 1.00 bits per heavy atom. The van der Waals surface area contributed by atoms with Crippen LogP contribution in [-0.2, 0) is 14.9 Å². The third-order valence-electron chi connectivity index (χ3n) is 4.87. The Morgan fingerprint density at radius 2 is 1.66 bits per heavy atom. The Hall–Kier alpha value is -3.28. The molecule has 0 spiro atoms. The summed E-state index contributed by atoms with van der Waals surface area (Å²) >= 11 is 0. The van der Waals surface area contributed by atoms with Gasteiger partial charge in [0.2, 0.25) is 11.2 Å². The van der Waals surface area contributed by atoms with Crippen molar-refractivity contribution < 1.29 is 23.4 Å². The fourth-order valence-electron chi connectivity index (χ4n) is 3.00. The molecule has 1 atom stereocenters. The summed E-state index contributed by atoms with van der Waals surface area (Å²) in [7, 11) is 0. The highest BCUT2D eigenvalue weighted by molar-refractivity contribution is 5.79. The summed E-state index contributed by atoms with van der Waals surface area (Å²) < 4.78 is 22.2. The van der Waals surface area contributed by atoms with Gasteiger partial charge in [0.1, 0.15) is 23.3 Å². The molecular formula is C26H30O6. The van der Waals surface area contributed by atoms with Crippen LogP contribution in [-0.4, -0.2) is 18.7 Å². The Bertz CT molecular complexity index is 1140. The summed E-state index contributed by atoms with van der Waals surface area (Å²) in [6.07, 6.45) is 0.503. The number of carbonyl (C=O) groups excluding carboxylic acids is 1. The first-order valence-corrected chi connectivity index (χ1v) is 10.7. The molecule has 0 aliphatic rings. The minimum absolute atomic E-state index is 0.0307. The van der Waals surface area contributed by atoms with Crippen molar-refractivity contribution in [3.63, 3.8) is 0 Å². The first-order chi connectivity index (χ1) is 15.0. The summed E-state index contributed by atoms with van der Waals surface area (Å²) in [6, 6.07) is 12.4. The van der Waals surface area contributed by atoms with Crippen LogP contribution in [0.25, 0.3) is 11.0 Å². The normalized spacial score (nSPS) is 12.6. The molecule has 0 bridgehead atoms. The molecular weight excluding hydrogens is 408 g/mol. The highest BCUT2D eigenvalue weighted by Crippen LogP contribution is 2.27. The lowest BCUT2D eigenvalue weighted by atomic mass is 9.87. The molecule has 1 aromatic heterocycles. The molecule has 0 unspecified atom stereocenters. The molecule has 0 aliphatic carbocycles. The second kappa shape index (κ2) is 9.47. The molecule has 32 heavy (non-hydrogen) atoms. The van der Waals surface area contributed by atoms with Crippen molar-refractivity contribution in [2.24, 2.45) is 5.92 Å². The van der Waals surface area contributed by atoms with E-state index in [0.29, 0.717) is 29.1 Å². The van der Waals surface area contributed by atoms with Gasteiger partial charge >= 0.3 is 5.97 Å². The van der Waals surface area contributed by atoms with E-state index in [1.807, 2.05) is 38.1 Å². The fraction of sp³-hybridized carbons (Fsp3) is 0.385. The van der Waals surface area contributed by atoms with Gasteiger partial charge in [-0.05, 0) is 48.1 Å². The smallest absolute Gasteiger partial charge is 0.347 e. The van der Waals surface area contributed by atoms with Gasteiger partial charge in [0, 0.05) is 6.07 Å². The highest BCUT2D eigenvalue weighted by atomic mass is 16.6. The van der Waals surface area contributed by atoms with Crippen LogP contribution in [0.4, 0.5) is 0 Å². The van der Waals surface area contributed by atoms with Crippen LogP contribution in [0.2, 0.25) is 0 Å². The van der Waals surface area contributed by atoms with Gasteiger partial charge in [0.15, 0.2) is 6.10 Å². The quantitative estimate of drug-likeness (QED) is 0.431. The molecule has 0 N–H and O–H groups in total. The standard InChI is InChI=1S/C26H30O6/c1-16(2)14-30-25(28)17(3)31-20-11-12-21-22(13-20)29-15-23(24(21)27)32-19-9-7-18(8-10-19)26(4,5)6/h7-13,15-17H,14H2,1-6H3/t17-/m1/s1. The van der Waals surface area contributed by atoms with Crippen molar-refractivity contribution >= 4 is 16.9 Å². The van der Waals surface area contributed by atoms with Gasteiger partial charge in [-0.1, -0.05) is 46.8 Å². The van der Waals surface area contributed by atoms with E-state index in [0.717, 1.165) is 0 Å². The molecule has 0 amide bonds. The van der Waals surface area contributed by atoms with Gasteiger partial charge in [-0.15, -0.1) is 0 Å². The average molecular weight is 439 g/mol. The molecule has 0 aliphatic heterocycles. The maximum atomic E-state index is 12.8. The van der Waals surface area contributed by atoms with Crippen molar-refractivity contribution in [1.29, 1.82) is 0 Å². The van der Waals surface area contributed by atoms with E-state index in [9.17, 15) is 9.59 Å². The van der Waals surface area contributed by atoms with E-state index in [-0.39, 0.29) is 22.5 Å². The molecule has 6 nitrogen and oxygen atoms in total. The average Bonchev–Trinajstić information content (AvgIpc) is 2.73. The molecule has 1 heterocycles. The zero-order chi connectivity index (χ0) is 23.5. The van der Waals surface area contributed by atoms with Gasteiger partial charge in [0.25, 0.3) is 0 Å². The maximum absolute atomic E-state index is 12.8. The van der Waals surface area contributed by atoms with Crippen LogP contribution in [0.15, 0.2) is 57.9 Å². The molecule has 6 heteroatoms. The number of esters is 1. The Balaban J connectivity index is 1.75. The van der Waals surface area contributed by atoms with Crippen molar-refractivity contribution in [3.8, 4) is 17.2 Å². The minimum atomic E-state index is -0.781. The van der Waals surface area contributed by atoms with Gasteiger partial charge in [0.05, 0.1) is 12.0 Å². The first-order valence-electron chi connectivity index (χ1n) is 10.7. The maximum Gasteiger partial charge on any atom is 0.347 e. The second-order valence-electron chi connectivity index (χ2n) is 9.25. The van der Waals surface area contributed by atoms with Crippen molar-refractivity contribution in [3.05, 3.63) is 64.5 Å². The Morgan fingerprint density at radius 3 is 2.28 bits per heavy atom. The topological polar surface area (TPSA) is 75.0 Å². The lowest BCUT2D eigenvalue weighted by molar-refractivity contribution is -0.152.